The van der Waals surface area contributed by atoms with Crippen LogP contribution in [0, 0.1) is 0 Å². The van der Waals surface area contributed by atoms with Gasteiger partial charge in [-0.05, 0) is 55.1 Å². The van der Waals surface area contributed by atoms with Gasteiger partial charge in [-0.2, -0.15) is 0 Å². The number of hydrogen-bond donors (Lipinski definition) is 1. The third kappa shape index (κ3) is 6.18. The largest absolute Gasteiger partial charge is 0.455 e. The zero-order chi connectivity index (χ0) is 34.3. The maximum absolute atomic E-state index is 13.0. The van der Waals surface area contributed by atoms with Crippen LogP contribution in [0.15, 0.2) is 73.3 Å². The summed E-state index contributed by atoms with van der Waals surface area (Å²) in [5.74, 6) is -0.523. The lowest BCUT2D eigenvalue weighted by atomic mass is 9.84. The summed E-state index contributed by atoms with van der Waals surface area (Å²) in [6.07, 6.45) is 2.70. The molecule has 2 aromatic carbocycles. The molecule has 1 saturated carbocycles. The molecule has 254 valence electrons. The van der Waals surface area contributed by atoms with E-state index in [1.165, 1.54) is 13.3 Å². The van der Waals surface area contributed by atoms with Crippen LogP contribution in [0.3, 0.4) is 0 Å². The molecule has 6 rings (SSSR count). The zero-order valence-corrected chi connectivity index (χ0v) is 29.7. The van der Waals surface area contributed by atoms with Crippen LogP contribution >= 0.6 is 0 Å². The van der Waals surface area contributed by atoms with Gasteiger partial charge in [-0.15, -0.1) is 0 Å². The summed E-state index contributed by atoms with van der Waals surface area (Å²) in [5.41, 5.74) is 0.665. The lowest BCUT2D eigenvalue weighted by Crippen LogP contribution is -2.60. The van der Waals surface area contributed by atoms with Crippen molar-refractivity contribution >= 4 is 37.2 Å². The summed E-state index contributed by atoms with van der Waals surface area (Å²) >= 11 is 0. The average molecular weight is 672 g/mol. The number of hydrogen-bond acceptors (Lipinski definition) is 9. The third-order valence-electron chi connectivity index (χ3n) is 10.1. The molecule has 1 unspecified atom stereocenters. The summed E-state index contributed by atoms with van der Waals surface area (Å²) in [6.45, 7) is 14.9. The molecule has 4 aromatic rings. The highest BCUT2D eigenvalue weighted by Gasteiger charge is 2.73. The molecule has 4 atom stereocenters. The van der Waals surface area contributed by atoms with Crippen molar-refractivity contribution in [2.45, 2.75) is 108 Å². The van der Waals surface area contributed by atoms with Crippen molar-refractivity contribution in [3.63, 3.8) is 0 Å². The van der Waals surface area contributed by atoms with E-state index in [-0.39, 0.29) is 16.8 Å². The minimum Gasteiger partial charge on any atom is -0.455 e. The van der Waals surface area contributed by atoms with E-state index in [9.17, 15) is 9.59 Å². The third-order valence-corrected chi connectivity index (χ3v) is 14.6. The molecule has 3 heterocycles. The number of anilines is 1. The molecule has 0 radical (unpaired) electrons. The van der Waals surface area contributed by atoms with Crippen LogP contribution in [-0.2, 0) is 30.0 Å². The fourth-order valence-electron chi connectivity index (χ4n) is 6.52. The first-order valence-electron chi connectivity index (χ1n) is 16.6. The minimum atomic E-state index is -2.29. The molecular formula is C36H45N5O6Si. The highest BCUT2D eigenvalue weighted by Crippen LogP contribution is 2.62. The first-order valence-corrected chi connectivity index (χ1v) is 19.5. The van der Waals surface area contributed by atoms with E-state index in [4.69, 9.17) is 18.6 Å². The van der Waals surface area contributed by atoms with Gasteiger partial charge in [-0.1, -0.05) is 76.2 Å². The van der Waals surface area contributed by atoms with Crippen molar-refractivity contribution in [2.75, 3.05) is 5.32 Å². The molecule has 1 saturated heterocycles. The second kappa shape index (κ2) is 12.8. The quantitative estimate of drug-likeness (QED) is 0.135. The smallest absolute Gasteiger partial charge is 0.303 e. The van der Waals surface area contributed by atoms with Crippen LogP contribution in [0.1, 0.15) is 76.0 Å². The highest BCUT2D eigenvalue weighted by molar-refractivity contribution is 6.74. The highest BCUT2D eigenvalue weighted by atomic mass is 28.4. The SMILES string of the molecule is CC[C@@]1(C2(O[Si](C)(C)C(C)(C)C)CC2)O[C@@H](n2cnc3c(NC(=O)c4ccccc4)ncnc32)C(OC(C)=O)[C@H]1OCc1ccccc1. The molecule has 1 aliphatic carbocycles. The molecule has 2 aliphatic rings. The number of carbonyl (C=O) groups excluding carboxylic acids is 2. The molecule has 2 fully saturated rings. The van der Waals surface area contributed by atoms with Crippen molar-refractivity contribution < 1.29 is 28.2 Å². The minimum absolute atomic E-state index is 0.0384. The van der Waals surface area contributed by atoms with Crippen LogP contribution in [0.4, 0.5) is 5.82 Å². The Morgan fingerprint density at radius 1 is 1.02 bits per heavy atom. The van der Waals surface area contributed by atoms with Crippen LogP contribution in [0.2, 0.25) is 18.1 Å². The number of fused-ring (bicyclic) bond motifs is 1. The lowest BCUT2D eigenvalue weighted by molar-refractivity contribution is -0.184. The Morgan fingerprint density at radius 3 is 2.29 bits per heavy atom. The number of rotatable bonds is 11. The fraction of sp³-hybridized carbons (Fsp3) is 0.472. The van der Waals surface area contributed by atoms with Crippen LogP contribution in [0.25, 0.3) is 11.2 Å². The molecule has 12 heteroatoms. The lowest BCUT2D eigenvalue weighted by Gasteiger charge is -2.47. The van der Waals surface area contributed by atoms with E-state index in [2.05, 4.69) is 61.1 Å². The second-order valence-electron chi connectivity index (χ2n) is 14.3. The van der Waals surface area contributed by atoms with Crippen molar-refractivity contribution in [3.8, 4) is 0 Å². The molecular weight excluding hydrogens is 627 g/mol. The number of nitrogens with one attached hydrogen (secondary N) is 1. The number of esters is 1. The van der Waals surface area contributed by atoms with Gasteiger partial charge in [0.05, 0.1) is 18.5 Å². The molecule has 1 N–H and O–H groups in total. The van der Waals surface area contributed by atoms with Gasteiger partial charge in [0, 0.05) is 12.5 Å². The molecule has 0 spiro atoms. The van der Waals surface area contributed by atoms with Gasteiger partial charge in [0.25, 0.3) is 5.91 Å². The monoisotopic (exact) mass is 671 g/mol. The summed E-state index contributed by atoms with van der Waals surface area (Å²) in [6, 6.07) is 18.8. The van der Waals surface area contributed by atoms with Crippen molar-refractivity contribution in [3.05, 3.63) is 84.4 Å². The summed E-state index contributed by atoms with van der Waals surface area (Å²) < 4.78 is 29.2. The maximum Gasteiger partial charge on any atom is 0.303 e. The van der Waals surface area contributed by atoms with Gasteiger partial charge in [0.1, 0.15) is 18.0 Å². The van der Waals surface area contributed by atoms with Crippen molar-refractivity contribution in [2.24, 2.45) is 0 Å². The van der Waals surface area contributed by atoms with Crippen molar-refractivity contribution in [1.29, 1.82) is 0 Å². The predicted octanol–water partition coefficient (Wildman–Crippen LogP) is 6.83. The van der Waals surface area contributed by atoms with E-state index in [1.54, 1.807) is 35.2 Å². The Bertz CT molecular complexity index is 1770. The summed E-state index contributed by atoms with van der Waals surface area (Å²) in [4.78, 5) is 39.3. The van der Waals surface area contributed by atoms with Crippen LogP contribution < -0.4 is 5.32 Å². The van der Waals surface area contributed by atoms with E-state index < -0.39 is 43.9 Å². The number of amides is 1. The first-order chi connectivity index (χ1) is 22.8. The van der Waals surface area contributed by atoms with Gasteiger partial charge < -0.3 is 24.0 Å². The van der Waals surface area contributed by atoms with Crippen molar-refractivity contribution in [1.82, 2.24) is 19.5 Å². The van der Waals surface area contributed by atoms with Gasteiger partial charge in [0.2, 0.25) is 0 Å². The molecule has 1 aliphatic heterocycles. The fourth-order valence-corrected chi connectivity index (χ4v) is 8.18. The number of nitrogens with zero attached hydrogens (tertiary/aromatic N) is 4. The van der Waals surface area contributed by atoms with E-state index in [0.29, 0.717) is 29.8 Å². The van der Waals surface area contributed by atoms with Crippen LogP contribution in [-0.4, -0.2) is 63.1 Å². The molecule has 48 heavy (non-hydrogen) atoms. The van der Waals surface area contributed by atoms with Crippen LogP contribution in [0.5, 0.6) is 0 Å². The standard InChI is InChI=1S/C36H45N5O6Si/c1-8-36(35(19-20-35)47-48(6,7)34(3,4)5)29(44-21-25-15-11-9-12-16-25)28(45-24(2)42)33(46-36)41-23-39-27-30(37-22-38-31(27)41)40-32(43)26-17-13-10-14-18-26/h9-18,22-23,28-29,33H,8,19-21H2,1-7H3,(H,37,38,40,43)/t28?,29-,33-,36-/m1/s1. The number of benzene rings is 2. The van der Waals surface area contributed by atoms with E-state index in [0.717, 1.165) is 18.4 Å². The Kier molecular flexibility index (Phi) is 9.05. The number of aromatic nitrogens is 4. The van der Waals surface area contributed by atoms with E-state index in [1.807, 2.05) is 36.4 Å². The first kappa shape index (κ1) is 33.9. The van der Waals surface area contributed by atoms with E-state index >= 15 is 0 Å². The van der Waals surface area contributed by atoms with Gasteiger partial charge in [-0.3, -0.25) is 14.2 Å². The molecule has 1 amide bonds. The Hall–Kier alpha value is -3.97. The Balaban J connectivity index is 1.43. The second-order valence-corrected chi connectivity index (χ2v) is 19.0. The zero-order valence-electron chi connectivity index (χ0n) is 28.7. The van der Waals surface area contributed by atoms with Gasteiger partial charge in [0.15, 0.2) is 37.6 Å². The van der Waals surface area contributed by atoms with Gasteiger partial charge in [-0.25, -0.2) is 15.0 Å². The Labute approximate surface area is 282 Å². The maximum atomic E-state index is 13.0. The molecule has 0 bridgehead atoms. The normalized spacial score (nSPS) is 23.6. The average Bonchev–Trinajstić information content (AvgIpc) is 3.58. The summed E-state index contributed by atoms with van der Waals surface area (Å²) in [5, 5.41) is 2.83. The summed E-state index contributed by atoms with van der Waals surface area (Å²) in [7, 11) is -2.29. The number of imidazole rings is 1. The predicted molar refractivity (Wildman–Crippen MR) is 184 cm³/mol. The van der Waals surface area contributed by atoms with Gasteiger partial charge >= 0.3 is 5.97 Å². The topological polar surface area (TPSA) is 127 Å². The Morgan fingerprint density at radius 2 is 1.69 bits per heavy atom. The molecule has 2 aromatic heterocycles. The number of carbonyl (C=O) groups is 2. The molecule has 11 nitrogen and oxygen atoms in total. The number of ether oxygens (including phenoxy) is 3.